The minimum atomic E-state index is -2.88. The number of hydrogen-bond acceptors (Lipinski definition) is 10. The lowest BCUT2D eigenvalue weighted by molar-refractivity contribution is -0.116. The Balaban J connectivity index is 1.26. The van der Waals surface area contributed by atoms with Crippen molar-refractivity contribution in [3.8, 4) is 17.3 Å². The van der Waals surface area contributed by atoms with Gasteiger partial charge in [-0.1, -0.05) is 6.07 Å². The number of ether oxygens (including phenoxy) is 1. The van der Waals surface area contributed by atoms with Gasteiger partial charge in [-0.3, -0.25) is 14.4 Å². The number of pyridine rings is 2. The van der Waals surface area contributed by atoms with Crippen molar-refractivity contribution in [2.45, 2.75) is 51.0 Å². The summed E-state index contributed by atoms with van der Waals surface area (Å²) in [6.45, 7) is 1.73. The van der Waals surface area contributed by atoms with E-state index >= 15 is 0 Å². The highest BCUT2D eigenvalue weighted by Crippen LogP contribution is 2.45. The van der Waals surface area contributed by atoms with Gasteiger partial charge < -0.3 is 24.6 Å². The van der Waals surface area contributed by atoms with Crippen LogP contribution in [0.5, 0.6) is 11.6 Å². The Labute approximate surface area is 281 Å². The highest BCUT2D eigenvalue weighted by molar-refractivity contribution is 5.95. The zero-order chi connectivity index (χ0) is 35.3. The van der Waals surface area contributed by atoms with Crippen molar-refractivity contribution < 1.29 is 32.6 Å². The van der Waals surface area contributed by atoms with Gasteiger partial charge >= 0.3 is 0 Å². The number of methoxy groups -OCH3 is 1. The molecule has 1 fully saturated rings. The van der Waals surface area contributed by atoms with Gasteiger partial charge in [0.05, 0.1) is 24.2 Å². The van der Waals surface area contributed by atoms with Crippen molar-refractivity contribution in [2.24, 2.45) is 0 Å². The van der Waals surface area contributed by atoms with E-state index in [2.05, 4.69) is 30.5 Å². The Hall–Kier alpha value is -5.87. The summed E-state index contributed by atoms with van der Waals surface area (Å²) in [6, 6.07) is 5.96. The molecule has 1 saturated heterocycles. The van der Waals surface area contributed by atoms with Crippen LogP contribution in [-0.2, 0) is 23.2 Å². The number of anilines is 1. The molecular formula is C33H30F3N9O5. The minimum Gasteiger partial charge on any atom is -0.504 e. The average molecular weight is 690 g/mol. The van der Waals surface area contributed by atoms with Gasteiger partial charge in [0.25, 0.3) is 12.3 Å². The number of piperidine rings is 1. The van der Waals surface area contributed by atoms with Gasteiger partial charge in [0.1, 0.15) is 18.7 Å². The number of aromatic hydroxyl groups is 1. The summed E-state index contributed by atoms with van der Waals surface area (Å²) < 4.78 is 47.7. The third-order valence-electron chi connectivity index (χ3n) is 9.47. The van der Waals surface area contributed by atoms with Gasteiger partial charge in [0, 0.05) is 47.6 Å². The molecule has 0 radical (unpaired) electrons. The largest absolute Gasteiger partial charge is 0.504 e. The Bertz CT molecular complexity index is 2230. The number of aromatic nitrogens is 7. The molecule has 5 heterocycles. The molecule has 7 rings (SSSR count). The predicted octanol–water partition coefficient (Wildman–Crippen LogP) is 3.63. The lowest BCUT2D eigenvalue weighted by Crippen LogP contribution is -2.46. The number of aryl methyl sites for hydroxylation is 1. The monoisotopic (exact) mass is 689 g/mol. The molecule has 1 spiro atoms. The van der Waals surface area contributed by atoms with Gasteiger partial charge in [-0.05, 0) is 50.8 Å². The Morgan fingerprint density at radius 2 is 1.86 bits per heavy atom. The van der Waals surface area contributed by atoms with Gasteiger partial charge in [0.2, 0.25) is 17.2 Å². The molecule has 2 N–H and O–H groups in total. The number of halogens is 3. The smallest absolute Gasteiger partial charge is 0.276 e. The van der Waals surface area contributed by atoms with Crippen molar-refractivity contribution >= 4 is 28.7 Å². The molecule has 2 aliphatic rings. The predicted molar refractivity (Wildman–Crippen MR) is 171 cm³/mol. The summed E-state index contributed by atoms with van der Waals surface area (Å²) in [5, 5.41) is 22.0. The summed E-state index contributed by atoms with van der Waals surface area (Å²) in [5.41, 5.74) is -0.0313. The van der Waals surface area contributed by atoms with E-state index in [1.54, 1.807) is 28.5 Å². The number of fused-ring (bicyclic) bond motifs is 3. The minimum absolute atomic E-state index is 0.000889. The molecule has 5 aromatic rings. The molecule has 1 aliphatic heterocycles. The topological polar surface area (TPSA) is 170 Å². The summed E-state index contributed by atoms with van der Waals surface area (Å²) >= 11 is 0. The highest BCUT2D eigenvalue weighted by Gasteiger charge is 2.46. The SMILES string of the molecule is COc1cc(-n2nc3c(=O)c4c(n(CC(=O)Nc5ccc(C(F)F)cc5F)c3n2)CCC42CCN(C(=O)c3ncnc(C)c3O)CC2)ccn1. The first kappa shape index (κ1) is 32.7. The zero-order valence-corrected chi connectivity index (χ0v) is 26.9. The van der Waals surface area contributed by atoms with Crippen LogP contribution in [0.3, 0.4) is 0 Å². The van der Waals surface area contributed by atoms with E-state index in [9.17, 15) is 32.7 Å². The molecule has 17 heteroatoms. The van der Waals surface area contributed by atoms with Crippen LogP contribution in [0, 0.1) is 12.7 Å². The summed E-state index contributed by atoms with van der Waals surface area (Å²) in [7, 11) is 1.45. The number of rotatable bonds is 7. The summed E-state index contributed by atoms with van der Waals surface area (Å²) in [4.78, 5) is 55.9. The third-order valence-corrected chi connectivity index (χ3v) is 9.47. The van der Waals surface area contributed by atoms with E-state index in [1.807, 2.05) is 0 Å². The average Bonchev–Trinajstić information content (AvgIpc) is 3.72. The van der Waals surface area contributed by atoms with E-state index in [-0.39, 0.29) is 64.9 Å². The lowest BCUT2D eigenvalue weighted by Gasteiger charge is -2.39. The molecule has 0 atom stereocenters. The molecular weight excluding hydrogens is 659 g/mol. The van der Waals surface area contributed by atoms with E-state index in [4.69, 9.17) is 4.74 Å². The lowest BCUT2D eigenvalue weighted by atomic mass is 9.74. The quantitative estimate of drug-likeness (QED) is 0.257. The van der Waals surface area contributed by atoms with E-state index in [0.29, 0.717) is 48.7 Å². The molecule has 1 aromatic carbocycles. The fourth-order valence-corrected chi connectivity index (χ4v) is 6.86. The first-order valence-corrected chi connectivity index (χ1v) is 15.7. The maximum Gasteiger partial charge on any atom is 0.276 e. The number of benzene rings is 1. The van der Waals surface area contributed by atoms with Crippen molar-refractivity contribution in [3.63, 3.8) is 0 Å². The van der Waals surface area contributed by atoms with Crippen LogP contribution in [0.25, 0.3) is 16.9 Å². The number of likely N-dealkylation sites (tertiary alicyclic amines) is 1. The molecule has 0 bridgehead atoms. The zero-order valence-electron chi connectivity index (χ0n) is 26.9. The fraction of sp³-hybridized carbons (Fsp3) is 0.333. The second-order valence-electron chi connectivity index (χ2n) is 12.3. The first-order chi connectivity index (χ1) is 24.0. The number of carbonyl (C=O) groups excluding carboxylic acids is 2. The molecule has 14 nitrogen and oxygen atoms in total. The normalized spacial score (nSPS) is 15.1. The van der Waals surface area contributed by atoms with Crippen LogP contribution in [0.4, 0.5) is 18.9 Å². The highest BCUT2D eigenvalue weighted by atomic mass is 19.3. The van der Waals surface area contributed by atoms with Crippen LogP contribution in [-0.4, -0.2) is 76.5 Å². The van der Waals surface area contributed by atoms with Gasteiger partial charge in [-0.15, -0.1) is 15.0 Å². The van der Waals surface area contributed by atoms with E-state index in [0.717, 1.165) is 12.1 Å². The second kappa shape index (κ2) is 12.5. The van der Waals surface area contributed by atoms with Crippen LogP contribution in [0.2, 0.25) is 0 Å². The maximum atomic E-state index is 14.7. The molecule has 2 amide bonds. The molecule has 50 heavy (non-hydrogen) atoms. The maximum absolute atomic E-state index is 14.7. The first-order valence-electron chi connectivity index (χ1n) is 15.7. The van der Waals surface area contributed by atoms with Gasteiger partial charge in [-0.2, -0.15) is 0 Å². The Morgan fingerprint density at radius 1 is 1.08 bits per heavy atom. The Kier molecular flexibility index (Phi) is 8.19. The molecule has 4 aromatic heterocycles. The number of nitrogens with zero attached hydrogens (tertiary/aromatic N) is 8. The number of alkyl halides is 2. The van der Waals surface area contributed by atoms with E-state index in [1.165, 1.54) is 24.4 Å². The molecule has 1 aliphatic carbocycles. The van der Waals surface area contributed by atoms with Crippen molar-refractivity contribution in [3.05, 3.63) is 87.1 Å². The third kappa shape index (κ3) is 5.57. The summed E-state index contributed by atoms with van der Waals surface area (Å²) in [6.07, 6.45) is 1.62. The second-order valence-corrected chi connectivity index (χ2v) is 12.3. The van der Waals surface area contributed by atoms with Crippen LogP contribution in [0.1, 0.15) is 58.7 Å². The van der Waals surface area contributed by atoms with Crippen molar-refractivity contribution in [1.29, 1.82) is 0 Å². The standard InChI is InChI=1S/C33H30F3N9O5/c1-17-28(47)27(39-16-38-17)32(49)43-11-8-33(9-12-43)7-5-22-25(33)29(48)26-31(42-45(41-26)19-6-10-37-24(14-19)50-2)44(22)15-23(46)40-21-4-3-18(30(35)36)13-20(21)34/h3-4,6,10,13-14,16,30,47H,5,7-9,11-12,15H2,1-2H3,(H,40,46). The molecule has 0 unspecified atom stereocenters. The van der Waals surface area contributed by atoms with Crippen molar-refractivity contribution in [1.82, 2.24) is 39.4 Å². The number of carbonyl (C=O) groups is 2. The summed E-state index contributed by atoms with van der Waals surface area (Å²) in [5.74, 6) is -2.15. The molecule has 258 valence electrons. The number of amides is 2. The van der Waals surface area contributed by atoms with Crippen LogP contribution in [0.15, 0.2) is 47.7 Å². The van der Waals surface area contributed by atoms with Crippen LogP contribution < -0.4 is 15.5 Å². The number of hydrogen-bond donors (Lipinski definition) is 2. The molecule has 0 saturated carbocycles. The van der Waals surface area contributed by atoms with Gasteiger partial charge in [0.15, 0.2) is 22.6 Å². The van der Waals surface area contributed by atoms with Gasteiger partial charge in [-0.25, -0.2) is 28.1 Å². The Morgan fingerprint density at radius 3 is 2.58 bits per heavy atom. The van der Waals surface area contributed by atoms with E-state index < -0.39 is 35.0 Å². The van der Waals surface area contributed by atoms with Crippen LogP contribution >= 0.6 is 0 Å². The fourth-order valence-electron chi connectivity index (χ4n) is 6.86. The van der Waals surface area contributed by atoms with Crippen molar-refractivity contribution in [2.75, 3.05) is 25.5 Å². The number of nitrogens with one attached hydrogen (secondary N) is 1.